The van der Waals surface area contributed by atoms with Crippen LogP contribution in [0.15, 0.2) is 60.8 Å². The fourth-order valence-corrected chi connectivity index (χ4v) is 4.08. The maximum absolute atomic E-state index is 12.7. The Morgan fingerprint density at radius 2 is 1.81 bits per heavy atom. The van der Waals surface area contributed by atoms with E-state index in [9.17, 15) is 4.79 Å². The van der Waals surface area contributed by atoms with E-state index in [4.69, 9.17) is 9.47 Å². The molecule has 1 amide bonds. The molecule has 1 aliphatic rings. The number of aromatic nitrogens is 1. The Balaban J connectivity index is 1.21. The highest BCUT2D eigenvalue weighted by Gasteiger charge is 2.24. The number of nitrogens with zero attached hydrogens (tertiary/aromatic N) is 2. The predicted octanol–water partition coefficient (Wildman–Crippen LogP) is 3.65. The number of piperidine rings is 1. The fourth-order valence-electron chi connectivity index (χ4n) is 4.08. The van der Waals surface area contributed by atoms with E-state index in [-0.39, 0.29) is 11.8 Å². The van der Waals surface area contributed by atoms with E-state index in [2.05, 4.69) is 27.3 Å². The summed E-state index contributed by atoms with van der Waals surface area (Å²) in [6.45, 7) is 3.71. The Kier molecular flexibility index (Phi) is 6.99. The number of hydrogen-bond donors (Lipinski definition) is 1. The van der Waals surface area contributed by atoms with Crippen molar-refractivity contribution in [1.29, 1.82) is 0 Å². The molecule has 2 aromatic carbocycles. The maximum Gasteiger partial charge on any atom is 0.223 e. The summed E-state index contributed by atoms with van der Waals surface area (Å²) in [6.07, 6.45) is 3.53. The minimum Gasteiger partial charge on any atom is -0.493 e. The minimum atomic E-state index is 0.0568. The third-order valence-electron chi connectivity index (χ3n) is 5.88. The van der Waals surface area contributed by atoms with Gasteiger partial charge in [-0.2, -0.15) is 0 Å². The Labute approximate surface area is 183 Å². The second-order valence-electron chi connectivity index (χ2n) is 7.81. The lowest BCUT2D eigenvalue weighted by Gasteiger charge is -2.31. The number of methoxy groups -OCH3 is 1. The number of carbonyl (C=O) groups excluding carboxylic acids is 1. The molecule has 0 saturated carbocycles. The van der Waals surface area contributed by atoms with Crippen molar-refractivity contribution in [3.8, 4) is 11.5 Å². The van der Waals surface area contributed by atoms with Crippen LogP contribution in [0.5, 0.6) is 11.5 Å². The van der Waals surface area contributed by atoms with E-state index in [1.807, 2.05) is 42.5 Å². The third kappa shape index (κ3) is 5.33. The summed E-state index contributed by atoms with van der Waals surface area (Å²) < 4.78 is 11.2. The van der Waals surface area contributed by atoms with E-state index in [0.29, 0.717) is 13.2 Å². The normalized spacial score (nSPS) is 15.0. The van der Waals surface area contributed by atoms with Crippen LogP contribution in [0, 0.1) is 5.92 Å². The van der Waals surface area contributed by atoms with E-state index in [0.717, 1.165) is 60.4 Å². The van der Waals surface area contributed by atoms with Gasteiger partial charge in [-0.3, -0.25) is 14.7 Å². The molecule has 6 heteroatoms. The first kappa shape index (κ1) is 21.1. The monoisotopic (exact) mass is 419 g/mol. The van der Waals surface area contributed by atoms with Crippen LogP contribution in [0.2, 0.25) is 0 Å². The van der Waals surface area contributed by atoms with Gasteiger partial charge in [0.1, 0.15) is 6.61 Å². The van der Waals surface area contributed by atoms with Crippen molar-refractivity contribution >= 4 is 16.7 Å². The Hall–Kier alpha value is -3.12. The number of para-hydroxylation sites is 2. The van der Waals surface area contributed by atoms with Crippen molar-refractivity contribution in [1.82, 2.24) is 15.2 Å². The van der Waals surface area contributed by atoms with Gasteiger partial charge in [0.15, 0.2) is 11.5 Å². The van der Waals surface area contributed by atoms with Crippen LogP contribution in [0.4, 0.5) is 0 Å². The summed E-state index contributed by atoms with van der Waals surface area (Å²) in [6, 6.07) is 17.8. The molecule has 0 unspecified atom stereocenters. The van der Waals surface area contributed by atoms with Gasteiger partial charge in [0, 0.05) is 24.0 Å². The molecule has 0 atom stereocenters. The number of pyridine rings is 1. The highest BCUT2D eigenvalue weighted by molar-refractivity contribution is 5.85. The van der Waals surface area contributed by atoms with Gasteiger partial charge in [0.05, 0.1) is 19.3 Å². The topological polar surface area (TPSA) is 63.7 Å². The first-order valence-corrected chi connectivity index (χ1v) is 10.8. The van der Waals surface area contributed by atoms with Crippen molar-refractivity contribution in [2.45, 2.75) is 19.4 Å². The number of rotatable bonds is 8. The Morgan fingerprint density at radius 3 is 2.61 bits per heavy atom. The van der Waals surface area contributed by atoms with Crippen molar-refractivity contribution in [2.24, 2.45) is 5.92 Å². The van der Waals surface area contributed by atoms with Crippen LogP contribution in [0.3, 0.4) is 0 Å². The van der Waals surface area contributed by atoms with E-state index < -0.39 is 0 Å². The molecule has 0 aliphatic carbocycles. The molecule has 1 saturated heterocycles. The van der Waals surface area contributed by atoms with E-state index in [1.54, 1.807) is 13.3 Å². The molecule has 1 fully saturated rings. The fraction of sp³-hybridized carbons (Fsp3) is 0.360. The van der Waals surface area contributed by atoms with E-state index in [1.165, 1.54) is 0 Å². The summed E-state index contributed by atoms with van der Waals surface area (Å²) >= 11 is 0. The number of ether oxygens (including phenoxy) is 2. The number of carbonyl (C=O) groups is 1. The van der Waals surface area contributed by atoms with Crippen molar-refractivity contribution in [3.63, 3.8) is 0 Å². The zero-order chi connectivity index (χ0) is 21.5. The Bertz CT molecular complexity index is 1010. The van der Waals surface area contributed by atoms with Crippen LogP contribution in [0.25, 0.3) is 10.8 Å². The average Bonchev–Trinajstić information content (AvgIpc) is 2.83. The van der Waals surface area contributed by atoms with Gasteiger partial charge in [0.25, 0.3) is 0 Å². The summed E-state index contributed by atoms with van der Waals surface area (Å²) in [4.78, 5) is 19.5. The zero-order valence-corrected chi connectivity index (χ0v) is 17.9. The van der Waals surface area contributed by atoms with Gasteiger partial charge in [-0.1, -0.05) is 36.4 Å². The highest BCUT2D eigenvalue weighted by Crippen LogP contribution is 2.26. The number of hydrogen-bond acceptors (Lipinski definition) is 5. The lowest BCUT2D eigenvalue weighted by atomic mass is 9.96. The number of likely N-dealkylation sites (tertiary alicyclic amines) is 1. The first-order valence-electron chi connectivity index (χ1n) is 10.8. The van der Waals surface area contributed by atoms with Gasteiger partial charge in [-0.05, 0) is 49.5 Å². The second-order valence-corrected chi connectivity index (χ2v) is 7.81. The van der Waals surface area contributed by atoms with Gasteiger partial charge >= 0.3 is 0 Å². The van der Waals surface area contributed by atoms with Crippen LogP contribution in [0.1, 0.15) is 18.5 Å². The van der Waals surface area contributed by atoms with Gasteiger partial charge in [0.2, 0.25) is 5.91 Å². The molecule has 1 aliphatic heterocycles. The number of fused-ring (bicyclic) bond motifs is 1. The van der Waals surface area contributed by atoms with Gasteiger partial charge in [-0.15, -0.1) is 0 Å². The van der Waals surface area contributed by atoms with Gasteiger partial charge in [-0.25, -0.2) is 0 Å². The third-order valence-corrected chi connectivity index (χ3v) is 5.88. The minimum absolute atomic E-state index is 0.0568. The van der Waals surface area contributed by atoms with Crippen molar-refractivity contribution in [2.75, 3.05) is 33.4 Å². The molecule has 3 aromatic rings. The number of amides is 1. The molecule has 2 heterocycles. The zero-order valence-electron chi connectivity index (χ0n) is 17.9. The molecule has 1 aromatic heterocycles. The quantitative estimate of drug-likeness (QED) is 0.604. The molecular weight excluding hydrogens is 390 g/mol. The molecule has 6 nitrogen and oxygen atoms in total. The van der Waals surface area contributed by atoms with Crippen molar-refractivity contribution in [3.05, 3.63) is 66.5 Å². The maximum atomic E-state index is 12.7. The Morgan fingerprint density at radius 1 is 1.06 bits per heavy atom. The van der Waals surface area contributed by atoms with Crippen molar-refractivity contribution < 1.29 is 14.3 Å². The van der Waals surface area contributed by atoms with Gasteiger partial charge < -0.3 is 14.8 Å². The molecule has 162 valence electrons. The average molecular weight is 420 g/mol. The largest absolute Gasteiger partial charge is 0.493 e. The van der Waals surface area contributed by atoms with E-state index >= 15 is 0 Å². The molecule has 1 N–H and O–H groups in total. The van der Waals surface area contributed by atoms with Crippen LogP contribution in [-0.2, 0) is 11.3 Å². The number of benzene rings is 2. The first-order chi connectivity index (χ1) is 15.2. The summed E-state index contributed by atoms with van der Waals surface area (Å²) in [5.41, 5.74) is 0.914. The summed E-state index contributed by atoms with van der Waals surface area (Å²) in [5, 5.41) is 5.33. The van der Waals surface area contributed by atoms with Crippen LogP contribution < -0.4 is 14.8 Å². The van der Waals surface area contributed by atoms with Crippen LogP contribution in [-0.4, -0.2) is 49.1 Å². The lowest BCUT2D eigenvalue weighted by Crippen LogP contribution is -2.41. The molecular formula is C25H29N3O3. The smallest absolute Gasteiger partial charge is 0.223 e. The highest BCUT2D eigenvalue weighted by atomic mass is 16.5. The molecule has 0 radical (unpaired) electrons. The number of nitrogens with one attached hydrogen (secondary N) is 1. The summed E-state index contributed by atoms with van der Waals surface area (Å²) in [7, 11) is 1.65. The SMILES string of the molecule is COc1ccccc1OCCN1CCC(C(=O)NCc2nccc3ccccc23)CC1. The molecule has 4 rings (SSSR count). The predicted molar refractivity (Wildman–Crippen MR) is 121 cm³/mol. The standard InChI is InChI=1S/C25H29N3O3/c1-30-23-8-4-5-9-24(23)31-17-16-28-14-11-20(12-15-28)25(29)27-18-22-21-7-3-2-6-19(21)10-13-26-22/h2-10,13,20H,11-12,14-18H2,1H3,(H,27,29). The lowest BCUT2D eigenvalue weighted by molar-refractivity contribution is -0.126. The molecule has 31 heavy (non-hydrogen) atoms. The van der Waals surface area contributed by atoms with Crippen LogP contribution >= 0.6 is 0 Å². The molecule has 0 spiro atoms. The summed E-state index contributed by atoms with van der Waals surface area (Å²) in [5.74, 6) is 1.70. The molecule has 0 bridgehead atoms. The second kappa shape index (κ2) is 10.3.